The molecular formula is C58H56N6O12. The predicted molar refractivity (Wildman–Crippen MR) is 286 cm³/mol. The molecule has 0 atom stereocenters. The van der Waals surface area contributed by atoms with E-state index in [4.69, 9.17) is 18.9 Å². The average Bonchev–Trinajstić information content (AvgIpc) is 3.36. The molecule has 7 rings (SSSR count). The molecule has 4 N–H and O–H groups in total. The number of carbonyl (C=O) groups excluding carboxylic acids is 6. The van der Waals surface area contributed by atoms with Gasteiger partial charge in [-0.25, -0.2) is 19.2 Å². The number of nitrogens with one attached hydrogen (secondary N) is 2. The number of nitrogens with zero attached hydrogens (tertiary/aromatic N) is 4. The Balaban J connectivity index is 1.18. The Morgan fingerprint density at radius 1 is 0.421 bits per heavy atom. The van der Waals surface area contributed by atoms with Crippen LogP contribution in [0.1, 0.15) is 129 Å². The molecule has 7 aromatic rings. The molecule has 18 nitrogen and oxygen atoms in total. The molecule has 0 aliphatic rings. The van der Waals surface area contributed by atoms with Crippen LogP contribution in [-0.4, -0.2) is 70.3 Å². The monoisotopic (exact) mass is 1030 g/mol. The Kier molecular flexibility index (Phi) is 16.7. The summed E-state index contributed by atoms with van der Waals surface area (Å²) in [7, 11) is 0. The van der Waals surface area contributed by atoms with Gasteiger partial charge in [0.15, 0.2) is 11.5 Å². The van der Waals surface area contributed by atoms with Gasteiger partial charge in [-0.3, -0.25) is 9.59 Å². The summed E-state index contributed by atoms with van der Waals surface area (Å²) in [6, 6.07) is 28.2. The largest absolute Gasteiger partial charge is 0.505 e. The number of ether oxygens (including phenoxy) is 4. The van der Waals surface area contributed by atoms with Gasteiger partial charge >= 0.3 is 23.9 Å². The summed E-state index contributed by atoms with van der Waals surface area (Å²) >= 11 is 0. The number of hydrogen-bond acceptors (Lipinski definition) is 16. The van der Waals surface area contributed by atoms with E-state index in [0.29, 0.717) is 44.0 Å². The van der Waals surface area contributed by atoms with Crippen molar-refractivity contribution < 1.29 is 57.9 Å². The minimum atomic E-state index is -0.722. The Bertz CT molecular complexity index is 3300. The molecule has 0 fully saturated rings. The number of aryl methyl sites for hydroxylation is 2. The van der Waals surface area contributed by atoms with Gasteiger partial charge in [0, 0.05) is 22.1 Å². The molecule has 0 bridgehead atoms. The summed E-state index contributed by atoms with van der Waals surface area (Å²) in [5.74, 6) is -5.23. The van der Waals surface area contributed by atoms with Crippen LogP contribution in [0.25, 0.3) is 21.5 Å². The lowest BCUT2D eigenvalue weighted by Crippen LogP contribution is -2.15. The van der Waals surface area contributed by atoms with E-state index in [-0.39, 0.29) is 56.1 Å². The maximum atomic E-state index is 14.2. The molecule has 18 heteroatoms. The van der Waals surface area contributed by atoms with E-state index in [1.807, 2.05) is 0 Å². The van der Waals surface area contributed by atoms with Gasteiger partial charge in [0.05, 0.1) is 57.8 Å². The van der Waals surface area contributed by atoms with Gasteiger partial charge in [0.2, 0.25) is 0 Å². The number of phenols is 2. The number of azo groups is 2. The molecule has 0 aliphatic carbocycles. The summed E-state index contributed by atoms with van der Waals surface area (Å²) < 4.78 is 21.5. The lowest BCUT2D eigenvalue weighted by atomic mass is 10.0. The number of rotatable bonds is 16. The molecule has 0 radical (unpaired) electrons. The lowest BCUT2D eigenvalue weighted by Gasteiger charge is -2.16. The summed E-state index contributed by atoms with van der Waals surface area (Å²) in [4.78, 5) is 80.3. The number of phenolic OH excluding ortho intramolecular Hbond substituents is 2. The Labute approximate surface area is 437 Å². The lowest BCUT2D eigenvalue weighted by molar-refractivity contribution is 0.0362. The van der Waals surface area contributed by atoms with Crippen molar-refractivity contribution in [1.29, 1.82) is 0 Å². The van der Waals surface area contributed by atoms with Crippen LogP contribution < -0.4 is 10.6 Å². The normalized spacial score (nSPS) is 11.6. The van der Waals surface area contributed by atoms with Crippen molar-refractivity contribution in [1.82, 2.24) is 0 Å². The Morgan fingerprint density at radius 3 is 1.12 bits per heavy atom. The van der Waals surface area contributed by atoms with Gasteiger partial charge in [-0.2, -0.15) is 0 Å². The number of hydrogen-bond donors (Lipinski definition) is 4. The van der Waals surface area contributed by atoms with Gasteiger partial charge in [-0.05, 0) is 152 Å². The Morgan fingerprint density at radius 2 is 0.763 bits per heavy atom. The first-order chi connectivity index (χ1) is 36.1. The third-order valence-corrected chi connectivity index (χ3v) is 11.3. The summed E-state index contributed by atoms with van der Waals surface area (Å²) in [6.07, 6.45) is -1.79. The second kappa shape index (κ2) is 23.3. The van der Waals surface area contributed by atoms with Crippen LogP contribution in [-0.2, 0) is 18.9 Å². The van der Waals surface area contributed by atoms with Crippen molar-refractivity contribution in [2.45, 2.75) is 93.7 Å². The van der Waals surface area contributed by atoms with E-state index in [1.54, 1.807) is 130 Å². The minimum Gasteiger partial charge on any atom is -0.505 e. The summed E-state index contributed by atoms with van der Waals surface area (Å²) in [6.45, 7) is 16.9. The summed E-state index contributed by atoms with van der Waals surface area (Å²) in [5.41, 5.74) is 1.26. The smallest absolute Gasteiger partial charge is 0.340 e. The van der Waals surface area contributed by atoms with E-state index in [0.717, 1.165) is 0 Å². The SMILES string of the molecule is Cc1cc(NC(=O)c2cc3ccccc3c(N=Nc3cc(C(=O)OC(C)C)ccc3C(=O)OC(C)C)c2O)c(C)cc1NC(=O)c1cc2ccccc2c(N=Nc2cc(C(=O)OC(C)C)ccc2C(=O)OC(C)C)c1O. The first kappa shape index (κ1) is 54.5. The first-order valence-corrected chi connectivity index (χ1v) is 24.3. The van der Waals surface area contributed by atoms with E-state index in [1.165, 1.54) is 48.5 Å². The van der Waals surface area contributed by atoms with E-state index in [9.17, 15) is 39.0 Å². The molecule has 390 valence electrons. The molecule has 76 heavy (non-hydrogen) atoms. The highest BCUT2D eigenvalue weighted by Crippen LogP contribution is 2.42. The van der Waals surface area contributed by atoms with E-state index in [2.05, 4.69) is 31.1 Å². The van der Waals surface area contributed by atoms with Gasteiger partial charge in [0.1, 0.15) is 22.7 Å². The molecule has 0 heterocycles. The fraction of sp³-hybridized carbons (Fsp3) is 0.241. The highest BCUT2D eigenvalue weighted by atomic mass is 16.6. The highest BCUT2D eigenvalue weighted by Gasteiger charge is 2.25. The topological polar surface area (TPSA) is 253 Å². The van der Waals surface area contributed by atoms with Crippen LogP contribution in [0.4, 0.5) is 34.1 Å². The second-order valence-electron chi connectivity index (χ2n) is 18.8. The molecule has 2 amide bonds. The third kappa shape index (κ3) is 12.5. The first-order valence-electron chi connectivity index (χ1n) is 24.3. The molecule has 0 saturated heterocycles. The molecular weight excluding hydrogens is 973 g/mol. The van der Waals surface area contributed by atoms with Gasteiger partial charge < -0.3 is 39.8 Å². The second-order valence-corrected chi connectivity index (χ2v) is 18.8. The quantitative estimate of drug-likeness (QED) is 0.0400. The van der Waals surface area contributed by atoms with E-state index >= 15 is 0 Å². The molecule has 0 aromatic heterocycles. The number of benzene rings is 7. The zero-order chi connectivity index (χ0) is 55.1. The standard InChI is InChI=1S/C58H56N6O12/c1-29(2)73-55(69)37-19-21-41(57(71)75-31(5)6)47(27-37)61-63-49-39-17-13-11-15-35(39)25-43(51(49)65)53(67)59-45-23-34(10)46(24-33(45)9)60-54(68)44-26-36-16-12-14-18-40(36)50(52(44)66)64-62-48-28-38(56(70)74-30(3)4)20-22-42(48)58(72)76-32(7)8/h11-32,65-66H,1-10H3,(H,59,67)(H,60,68). The molecule has 0 saturated carbocycles. The van der Waals surface area contributed by atoms with Gasteiger partial charge in [-0.15, -0.1) is 20.5 Å². The number of anilines is 2. The van der Waals surface area contributed by atoms with Crippen molar-refractivity contribution in [3.8, 4) is 11.5 Å². The zero-order valence-corrected chi connectivity index (χ0v) is 43.5. The highest BCUT2D eigenvalue weighted by molar-refractivity contribution is 6.14. The van der Waals surface area contributed by atoms with Crippen molar-refractivity contribution in [2.75, 3.05) is 10.6 Å². The summed E-state index contributed by atoms with van der Waals surface area (Å²) in [5, 5.41) is 48.4. The fourth-order valence-electron chi connectivity index (χ4n) is 7.80. The fourth-order valence-corrected chi connectivity index (χ4v) is 7.80. The van der Waals surface area contributed by atoms with Crippen LogP contribution >= 0.6 is 0 Å². The number of aromatic hydroxyl groups is 2. The van der Waals surface area contributed by atoms with E-state index < -0.39 is 71.6 Å². The maximum absolute atomic E-state index is 14.2. The van der Waals surface area contributed by atoms with Crippen molar-refractivity contribution >= 4 is 91.4 Å². The molecule has 0 unspecified atom stereocenters. The number of esters is 4. The number of carbonyl (C=O) groups is 6. The van der Waals surface area contributed by atoms with Gasteiger partial charge in [0.25, 0.3) is 11.8 Å². The van der Waals surface area contributed by atoms with Crippen molar-refractivity contribution in [3.05, 3.63) is 154 Å². The van der Waals surface area contributed by atoms with Crippen molar-refractivity contribution in [3.63, 3.8) is 0 Å². The van der Waals surface area contributed by atoms with Crippen LogP contribution in [0.2, 0.25) is 0 Å². The molecule has 7 aromatic carbocycles. The van der Waals surface area contributed by atoms with Gasteiger partial charge in [-0.1, -0.05) is 48.5 Å². The molecule has 0 aliphatic heterocycles. The van der Waals surface area contributed by atoms with Crippen LogP contribution in [0.15, 0.2) is 130 Å². The number of fused-ring (bicyclic) bond motifs is 2. The van der Waals surface area contributed by atoms with Crippen LogP contribution in [0.5, 0.6) is 11.5 Å². The maximum Gasteiger partial charge on any atom is 0.340 e. The van der Waals surface area contributed by atoms with Crippen LogP contribution in [0.3, 0.4) is 0 Å². The predicted octanol–water partition coefficient (Wildman–Crippen LogP) is 13.6. The Hall–Kier alpha value is -9.32. The minimum absolute atomic E-state index is 0.00417. The average molecular weight is 1030 g/mol. The third-order valence-electron chi connectivity index (χ3n) is 11.3. The van der Waals surface area contributed by atoms with Crippen molar-refractivity contribution in [2.24, 2.45) is 20.5 Å². The zero-order valence-electron chi connectivity index (χ0n) is 43.5. The van der Waals surface area contributed by atoms with Crippen LogP contribution in [0, 0.1) is 13.8 Å². The number of amides is 2. The molecule has 0 spiro atoms.